The van der Waals surface area contributed by atoms with Gasteiger partial charge in [-0.1, -0.05) is 0 Å². The van der Waals surface area contributed by atoms with Crippen LogP contribution in [-0.2, 0) is 0 Å². The minimum absolute atomic E-state index is 0.164. The highest BCUT2D eigenvalue weighted by atomic mass is 32.2. The standard InChI is InChI=1S/C14H13N7O2S/c22-13(23)9-1-3-15-11(7-9)10-2-4-16-14(19-10)17-5-6-24-12-8-18-21-20-12/h1-4,7-8H,5-6H2,(H,22,23)(H,16,17,19)(H,18,20,21). The third-order valence-electron chi connectivity index (χ3n) is 2.95. The number of carboxylic acid groups (broad SMARTS) is 1. The number of nitrogens with one attached hydrogen (secondary N) is 2. The third-order valence-corrected chi connectivity index (χ3v) is 3.85. The second-order valence-corrected chi connectivity index (χ2v) is 5.70. The molecule has 3 rings (SSSR count). The van der Waals surface area contributed by atoms with Gasteiger partial charge in [0.05, 0.1) is 23.1 Å². The Bertz CT molecular complexity index is 826. The van der Waals surface area contributed by atoms with Crippen molar-refractivity contribution in [3.63, 3.8) is 0 Å². The van der Waals surface area contributed by atoms with E-state index >= 15 is 0 Å². The number of carboxylic acids is 1. The van der Waals surface area contributed by atoms with E-state index in [0.29, 0.717) is 23.9 Å². The van der Waals surface area contributed by atoms with E-state index in [1.54, 1.807) is 30.2 Å². The summed E-state index contributed by atoms with van der Waals surface area (Å²) in [5, 5.41) is 23.2. The number of aromatic nitrogens is 6. The minimum atomic E-state index is -1.00. The summed E-state index contributed by atoms with van der Waals surface area (Å²) >= 11 is 1.55. The summed E-state index contributed by atoms with van der Waals surface area (Å²) < 4.78 is 0. The molecule has 3 aromatic rings. The zero-order valence-electron chi connectivity index (χ0n) is 12.4. The summed E-state index contributed by atoms with van der Waals surface area (Å²) in [6.45, 7) is 0.642. The maximum atomic E-state index is 11.0. The number of carbonyl (C=O) groups is 1. The Morgan fingerprint density at radius 2 is 2.12 bits per heavy atom. The van der Waals surface area contributed by atoms with E-state index in [1.807, 2.05) is 0 Å². The molecule has 9 nitrogen and oxygen atoms in total. The van der Waals surface area contributed by atoms with Gasteiger partial charge < -0.3 is 10.4 Å². The van der Waals surface area contributed by atoms with Crippen LogP contribution in [-0.4, -0.2) is 53.7 Å². The largest absolute Gasteiger partial charge is 0.478 e. The Labute approximate surface area is 141 Å². The molecule has 0 atom stereocenters. The molecule has 10 heteroatoms. The molecule has 0 saturated heterocycles. The average Bonchev–Trinajstić information content (AvgIpc) is 3.12. The topological polar surface area (TPSA) is 130 Å². The monoisotopic (exact) mass is 343 g/mol. The fourth-order valence-electron chi connectivity index (χ4n) is 1.87. The van der Waals surface area contributed by atoms with Gasteiger partial charge in [0.1, 0.15) is 5.03 Å². The van der Waals surface area contributed by atoms with Crippen LogP contribution in [0, 0.1) is 0 Å². The summed E-state index contributed by atoms with van der Waals surface area (Å²) in [7, 11) is 0. The molecule has 0 aliphatic carbocycles. The van der Waals surface area contributed by atoms with Crippen LogP contribution in [0.1, 0.15) is 10.4 Å². The lowest BCUT2D eigenvalue weighted by atomic mass is 10.2. The number of pyridine rings is 1. The van der Waals surface area contributed by atoms with Gasteiger partial charge in [0.2, 0.25) is 5.95 Å². The molecule has 24 heavy (non-hydrogen) atoms. The van der Waals surface area contributed by atoms with E-state index in [9.17, 15) is 4.79 Å². The number of nitrogens with zero attached hydrogens (tertiary/aromatic N) is 5. The van der Waals surface area contributed by atoms with Gasteiger partial charge in [-0.05, 0) is 18.2 Å². The van der Waals surface area contributed by atoms with Gasteiger partial charge in [0, 0.05) is 24.7 Å². The molecular weight excluding hydrogens is 330 g/mol. The Morgan fingerprint density at radius 1 is 1.25 bits per heavy atom. The summed E-state index contributed by atoms with van der Waals surface area (Å²) in [6.07, 6.45) is 4.70. The Balaban J connectivity index is 1.63. The van der Waals surface area contributed by atoms with Gasteiger partial charge in [-0.15, -0.1) is 16.9 Å². The van der Waals surface area contributed by atoms with Gasteiger partial charge >= 0.3 is 5.97 Å². The van der Waals surface area contributed by atoms with E-state index in [4.69, 9.17) is 5.11 Å². The van der Waals surface area contributed by atoms with Crippen molar-refractivity contribution >= 4 is 23.7 Å². The van der Waals surface area contributed by atoms with Gasteiger partial charge in [-0.3, -0.25) is 4.98 Å². The quantitative estimate of drug-likeness (QED) is 0.432. The van der Waals surface area contributed by atoms with Gasteiger partial charge in [0.25, 0.3) is 0 Å². The zero-order chi connectivity index (χ0) is 16.8. The maximum absolute atomic E-state index is 11.0. The highest BCUT2D eigenvalue weighted by Gasteiger charge is 2.08. The van der Waals surface area contributed by atoms with E-state index in [1.165, 1.54) is 18.3 Å². The van der Waals surface area contributed by atoms with Crippen LogP contribution in [0.2, 0.25) is 0 Å². The average molecular weight is 343 g/mol. The van der Waals surface area contributed by atoms with Crippen LogP contribution in [0.3, 0.4) is 0 Å². The second kappa shape index (κ2) is 7.51. The van der Waals surface area contributed by atoms with Crippen molar-refractivity contribution < 1.29 is 9.90 Å². The van der Waals surface area contributed by atoms with E-state index in [2.05, 4.69) is 35.7 Å². The van der Waals surface area contributed by atoms with Crippen molar-refractivity contribution in [3.8, 4) is 11.4 Å². The predicted octanol–water partition coefficient (Wildman–Crippen LogP) is 1.56. The first-order chi connectivity index (χ1) is 11.7. The molecule has 0 aliphatic heterocycles. The highest BCUT2D eigenvalue weighted by molar-refractivity contribution is 7.99. The number of aromatic amines is 1. The van der Waals surface area contributed by atoms with E-state index in [-0.39, 0.29) is 5.56 Å². The fraction of sp³-hybridized carbons (Fsp3) is 0.143. The van der Waals surface area contributed by atoms with Crippen molar-refractivity contribution in [2.24, 2.45) is 0 Å². The molecule has 0 fully saturated rings. The molecule has 0 bridgehead atoms. The Morgan fingerprint density at radius 3 is 2.92 bits per heavy atom. The highest BCUT2D eigenvalue weighted by Crippen LogP contribution is 2.17. The lowest BCUT2D eigenvalue weighted by molar-refractivity contribution is 0.0697. The van der Waals surface area contributed by atoms with E-state index in [0.717, 1.165) is 10.8 Å². The Hall–Kier alpha value is -3.01. The van der Waals surface area contributed by atoms with Gasteiger partial charge in [-0.2, -0.15) is 10.3 Å². The molecule has 0 spiro atoms. The second-order valence-electron chi connectivity index (χ2n) is 4.58. The number of hydrogen-bond donors (Lipinski definition) is 3. The number of aromatic carboxylic acids is 1. The lowest BCUT2D eigenvalue weighted by Gasteiger charge is -2.06. The fourth-order valence-corrected chi connectivity index (χ4v) is 2.52. The lowest BCUT2D eigenvalue weighted by Crippen LogP contribution is -2.08. The van der Waals surface area contributed by atoms with Crippen molar-refractivity contribution in [2.45, 2.75) is 5.03 Å². The molecule has 0 radical (unpaired) electrons. The molecule has 0 amide bonds. The van der Waals surface area contributed by atoms with Crippen molar-refractivity contribution in [1.82, 2.24) is 30.4 Å². The molecule has 0 aromatic carbocycles. The SMILES string of the molecule is O=C(O)c1ccnc(-c2ccnc(NCCSc3cn[nH]n3)n2)c1. The maximum Gasteiger partial charge on any atom is 0.335 e. The smallest absolute Gasteiger partial charge is 0.335 e. The third kappa shape index (κ3) is 4.04. The van der Waals surface area contributed by atoms with Crippen LogP contribution >= 0.6 is 11.8 Å². The molecular formula is C14H13N7O2S. The molecule has 122 valence electrons. The molecule has 0 unspecified atom stereocenters. The van der Waals surface area contributed by atoms with Crippen LogP contribution in [0.15, 0.2) is 41.8 Å². The number of rotatable bonds is 7. The predicted molar refractivity (Wildman–Crippen MR) is 87.8 cm³/mol. The number of thioether (sulfide) groups is 1. The molecule has 0 aliphatic rings. The summed E-state index contributed by atoms with van der Waals surface area (Å²) in [6, 6.07) is 4.60. The molecule has 3 N–H and O–H groups in total. The summed E-state index contributed by atoms with van der Waals surface area (Å²) in [5.74, 6) is 0.221. The van der Waals surface area contributed by atoms with Crippen LogP contribution in [0.25, 0.3) is 11.4 Å². The first kappa shape index (κ1) is 15.9. The van der Waals surface area contributed by atoms with Crippen molar-refractivity contribution in [3.05, 3.63) is 42.4 Å². The number of hydrogen-bond acceptors (Lipinski definition) is 8. The van der Waals surface area contributed by atoms with Crippen LogP contribution < -0.4 is 5.32 Å². The normalized spacial score (nSPS) is 10.5. The first-order valence-corrected chi connectivity index (χ1v) is 7.96. The zero-order valence-corrected chi connectivity index (χ0v) is 13.2. The van der Waals surface area contributed by atoms with Crippen LogP contribution in [0.4, 0.5) is 5.95 Å². The van der Waals surface area contributed by atoms with Crippen LogP contribution in [0.5, 0.6) is 0 Å². The van der Waals surface area contributed by atoms with E-state index < -0.39 is 5.97 Å². The molecule has 3 heterocycles. The molecule has 3 aromatic heterocycles. The van der Waals surface area contributed by atoms with Crippen molar-refractivity contribution in [1.29, 1.82) is 0 Å². The summed E-state index contributed by atoms with van der Waals surface area (Å²) in [5.41, 5.74) is 1.20. The van der Waals surface area contributed by atoms with Gasteiger partial charge in [-0.25, -0.2) is 14.8 Å². The number of anilines is 1. The minimum Gasteiger partial charge on any atom is -0.478 e. The summed E-state index contributed by atoms with van der Waals surface area (Å²) in [4.78, 5) is 23.7. The first-order valence-electron chi connectivity index (χ1n) is 6.97. The number of H-pyrrole nitrogens is 1. The van der Waals surface area contributed by atoms with Crippen molar-refractivity contribution in [2.75, 3.05) is 17.6 Å². The van der Waals surface area contributed by atoms with Gasteiger partial charge in [0.15, 0.2) is 0 Å². The Kier molecular flexibility index (Phi) is 4.96. The molecule has 0 saturated carbocycles.